The van der Waals surface area contributed by atoms with Gasteiger partial charge in [0.1, 0.15) is 11.9 Å². The maximum atomic E-state index is 6.06. The van der Waals surface area contributed by atoms with Gasteiger partial charge in [-0.25, -0.2) is 0 Å². The first kappa shape index (κ1) is 12.0. The lowest BCUT2D eigenvalue weighted by molar-refractivity contribution is 0.187. The number of ether oxygens (including phenoxy) is 1. The van der Waals surface area contributed by atoms with Crippen molar-refractivity contribution in [2.45, 2.75) is 25.4 Å². The zero-order valence-corrected chi connectivity index (χ0v) is 10.5. The summed E-state index contributed by atoms with van der Waals surface area (Å²) in [6.45, 7) is 2.08. The van der Waals surface area contributed by atoms with Gasteiger partial charge in [0.25, 0.3) is 0 Å². The minimum absolute atomic E-state index is 0.242. The van der Waals surface area contributed by atoms with Crippen LogP contribution < -0.4 is 10.1 Å². The smallest absolute Gasteiger partial charge is 0.139 e. The third kappa shape index (κ3) is 3.27. The number of halogens is 2. The van der Waals surface area contributed by atoms with Crippen molar-refractivity contribution >= 4 is 23.2 Å². The van der Waals surface area contributed by atoms with E-state index in [1.807, 2.05) is 0 Å². The molecule has 0 radical (unpaired) electrons. The van der Waals surface area contributed by atoms with Gasteiger partial charge in [-0.1, -0.05) is 23.2 Å². The Morgan fingerprint density at radius 1 is 1.19 bits per heavy atom. The van der Waals surface area contributed by atoms with E-state index >= 15 is 0 Å². The molecule has 1 saturated heterocycles. The van der Waals surface area contributed by atoms with Crippen molar-refractivity contribution in [3.05, 3.63) is 28.2 Å². The van der Waals surface area contributed by atoms with Gasteiger partial charge < -0.3 is 10.1 Å². The van der Waals surface area contributed by atoms with Crippen LogP contribution >= 0.6 is 23.2 Å². The van der Waals surface area contributed by atoms with Crippen LogP contribution in [-0.2, 0) is 0 Å². The predicted octanol–water partition coefficient (Wildman–Crippen LogP) is 3.51. The Kier molecular flexibility index (Phi) is 4.33. The first-order valence-electron chi connectivity index (χ1n) is 5.58. The van der Waals surface area contributed by atoms with Crippen molar-refractivity contribution < 1.29 is 4.74 Å². The quantitative estimate of drug-likeness (QED) is 0.878. The molecule has 2 nitrogen and oxygen atoms in total. The minimum atomic E-state index is 0.242. The Balaban J connectivity index is 2.04. The third-order valence-electron chi connectivity index (χ3n) is 2.71. The maximum absolute atomic E-state index is 6.06. The second-order valence-corrected chi connectivity index (χ2v) is 4.84. The summed E-state index contributed by atoms with van der Waals surface area (Å²) < 4.78 is 5.89. The summed E-state index contributed by atoms with van der Waals surface area (Å²) in [7, 11) is 0. The molecule has 1 fully saturated rings. The normalized spacial score (nSPS) is 21.5. The number of benzene rings is 1. The van der Waals surface area contributed by atoms with Crippen LogP contribution in [0.1, 0.15) is 19.3 Å². The zero-order chi connectivity index (χ0) is 11.4. The molecule has 0 aliphatic carbocycles. The van der Waals surface area contributed by atoms with Crippen LogP contribution in [0.5, 0.6) is 5.75 Å². The Labute approximate surface area is 106 Å². The summed E-state index contributed by atoms with van der Waals surface area (Å²) in [6.07, 6.45) is 3.47. The van der Waals surface area contributed by atoms with E-state index < -0.39 is 0 Å². The minimum Gasteiger partial charge on any atom is -0.489 e. The average Bonchev–Trinajstić information content (AvgIpc) is 2.52. The molecule has 1 N–H and O–H groups in total. The zero-order valence-electron chi connectivity index (χ0n) is 9.01. The number of hydrogen-bond acceptors (Lipinski definition) is 2. The van der Waals surface area contributed by atoms with Gasteiger partial charge in [-0.05, 0) is 44.5 Å². The van der Waals surface area contributed by atoms with Crippen molar-refractivity contribution in [1.82, 2.24) is 5.32 Å². The fourth-order valence-electron chi connectivity index (χ4n) is 1.85. The van der Waals surface area contributed by atoms with E-state index in [4.69, 9.17) is 27.9 Å². The number of rotatable bonds is 2. The van der Waals surface area contributed by atoms with Crippen molar-refractivity contribution in [2.24, 2.45) is 0 Å². The van der Waals surface area contributed by atoms with Crippen LogP contribution in [0.2, 0.25) is 10.0 Å². The van der Waals surface area contributed by atoms with Gasteiger partial charge in [0.15, 0.2) is 0 Å². The molecule has 1 aliphatic rings. The van der Waals surface area contributed by atoms with Crippen LogP contribution in [0, 0.1) is 0 Å². The first-order chi connectivity index (χ1) is 7.75. The monoisotopic (exact) mass is 259 g/mol. The third-order valence-corrected chi connectivity index (χ3v) is 3.26. The van der Waals surface area contributed by atoms with Crippen molar-refractivity contribution in [1.29, 1.82) is 0 Å². The van der Waals surface area contributed by atoms with Crippen LogP contribution in [0.4, 0.5) is 0 Å². The summed E-state index contributed by atoms with van der Waals surface area (Å²) in [5, 5.41) is 4.63. The molecule has 0 saturated carbocycles. The van der Waals surface area contributed by atoms with Gasteiger partial charge in [0.2, 0.25) is 0 Å². The first-order valence-corrected chi connectivity index (χ1v) is 6.34. The summed E-state index contributed by atoms with van der Waals surface area (Å²) in [5.41, 5.74) is 0. The van der Waals surface area contributed by atoms with Gasteiger partial charge in [0.05, 0.1) is 5.02 Å². The Bertz CT molecular complexity index is 349. The molecule has 0 spiro atoms. The van der Waals surface area contributed by atoms with E-state index in [2.05, 4.69) is 5.32 Å². The fourth-order valence-corrected chi connectivity index (χ4v) is 2.18. The molecule has 88 valence electrons. The molecular weight excluding hydrogens is 245 g/mol. The highest BCUT2D eigenvalue weighted by atomic mass is 35.5. The van der Waals surface area contributed by atoms with Gasteiger partial charge in [-0.3, -0.25) is 0 Å². The number of hydrogen-bond donors (Lipinski definition) is 1. The molecule has 1 heterocycles. The molecular formula is C12H15Cl2NO. The van der Waals surface area contributed by atoms with Gasteiger partial charge in [-0.2, -0.15) is 0 Å². The number of nitrogens with one attached hydrogen (secondary N) is 1. The molecule has 16 heavy (non-hydrogen) atoms. The van der Waals surface area contributed by atoms with Gasteiger partial charge >= 0.3 is 0 Å². The summed E-state index contributed by atoms with van der Waals surface area (Å²) >= 11 is 12.0. The van der Waals surface area contributed by atoms with Crippen LogP contribution in [0.25, 0.3) is 0 Å². The lowest BCUT2D eigenvalue weighted by Crippen LogP contribution is -2.19. The molecule has 1 unspecified atom stereocenters. The highest BCUT2D eigenvalue weighted by molar-refractivity contribution is 6.34. The molecule has 0 amide bonds. The Morgan fingerprint density at radius 2 is 2.06 bits per heavy atom. The molecule has 4 heteroatoms. The average molecular weight is 260 g/mol. The summed E-state index contributed by atoms with van der Waals surface area (Å²) in [4.78, 5) is 0. The second-order valence-electron chi connectivity index (χ2n) is 4.00. The fraction of sp³-hybridized carbons (Fsp3) is 0.500. The molecule has 0 bridgehead atoms. The predicted molar refractivity (Wildman–Crippen MR) is 67.6 cm³/mol. The molecule has 0 aromatic heterocycles. The highest BCUT2D eigenvalue weighted by Crippen LogP contribution is 2.29. The summed E-state index contributed by atoms with van der Waals surface area (Å²) in [5.74, 6) is 0.695. The van der Waals surface area contributed by atoms with E-state index in [9.17, 15) is 0 Å². The molecule has 1 aromatic carbocycles. The molecule has 1 atom stereocenters. The maximum Gasteiger partial charge on any atom is 0.139 e. The van der Waals surface area contributed by atoms with E-state index in [0.29, 0.717) is 15.8 Å². The van der Waals surface area contributed by atoms with Crippen molar-refractivity contribution in [3.63, 3.8) is 0 Å². The van der Waals surface area contributed by atoms with E-state index in [1.54, 1.807) is 18.2 Å². The molecule has 1 aliphatic heterocycles. The molecule has 1 aromatic rings. The summed E-state index contributed by atoms with van der Waals surface area (Å²) in [6, 6.07) is 5.32. The van der Waals surface area contributed by atoms with Gasteiger partial charge in [-0.15, -0.1) is 0 Å². The van der Waals surface area contributed by atoms with E-state index in [0.717, 1.165) is 32.4 Å². The standard InChI is InChI=1S/C12H15Cl2NO/c13-9-3-4-11(14)12(8-9)16-10-2-1-6-15-7-5-10/h3-4,8,10,15H,1-2,5-7H2. The largest absolute Gasteiger partial charge is 0.489 e. The van der Waals surface area contributed by atoms with E-state index in [1.165, 1.54) is 0 Å². The lowest BCUT2D eigenvalue weighted by atomic mass is 10.1. The van der Waals surface area contributed by atoms with Crippen molar-refractivity contribution in [2.75, 3.05) is 13.1 Å². The topological polar surface area (TPSA) is 21.3 Å². The van der Waals surface area contributed by atoms with Crippen LogP contribution in [0.3, 0.4) is 0 Å². The lowest BCUT2D eigenvalue weighted by Gasteiger charge is -2.17. The molecule has 2 rings (SSSR count). The van der Waals surface area contributed by atoms with Crippen LogP contribution in [-0.4, -0.2) is 19.2 Å². The van der Waals surface area contributed by atoms with E-state index in [-0.39, 0.29) is 6.10 Å². The highest BCUT2D eigenvalue weighted by Gasteiger charge is 2.14. The van der Waals surface area contributed by atoms with Crippen molar-refractivity contribution in [3.8, 4) is 5.75 Å². The Hall–Kier alpha value is -0.440. The van der Waals surface area contributed by atoms with Crippen LogP contribution in [0.15, 0.2) is 18.2 Å². The Morgan fingerprint density at radius 3 is 2.94 bits per heavy atom. The second kappa shape index (κ2) is 5.76. The SMILES string of the molecule is Clc1ccc(Cl)c(OC2CCCNCC2)c1. The van der Waals surface area contributed by atoms with Gasteiger partial charge in [0, 0.05) is 11.1 Å².